The van der Waals surface area contributed by atoms with Crippen LogP contribution in [-0.4, -0.2) is 31.8 Å². The number of benzene rings is 1. The van der Waals surface area contributed by atoms with Crippen molar-refractivity contribution >= 4 is 29.1 Å². The van der Waals surface area contributed by atoms with Crippen LogP contribution >= 0.6 is 23.2 Å². The van der Waals surface area contributed by atoms with Crippen LogP contribution in [-0.2, 0) is 19.8 Å². The molecule has 0 aromatic heterocycles. The smallest absolute Gasteiger partial charge is 0.252 e. The third-order valence-corrected chi connectivity index (χ3v) is 4.43. The fraction of sp³-hybridized carbons (Fsp3) is 0.500. The third-order valence-electron chi connectivity index (χ3n) is 3.69. The summed E-state index contributed by atoms with van der Waals surface area (Å²) in [5.41, 5.74) is 0.656. The summed E-state index contributed by atoms with van der Waals surface area (Å²) in [4.78, 5) is 12.2. The van der Waals surface area contributed by atoms with E-state index in [1.54, 1.807) is 6.07 Å². The number of hydrogen-bond donors (Lipinski definition) is 1. The second-order valence-corrected chi connectivity index (χ2v) is 5.95. The zero-order valence-electron chi connectivity index (χ0n) is 10.8. The predicted octanol–water partition coefficient (Wildman–Crippen LogP) is 2.51. The van der Waals surface area contributed by atoms with Crippen molar-refractivity contribution in [3.8, 4) is 0 Å². The maximum Gasteiger partial charge on any atom is 0.252 e. The molecule has 6 heteroatoms. The number of carbonyl (C=O) groups is 1. The van der Waals surface area contributed by atoms with Crippen LogP contribution in [0.1, 0.15) is 18.4 Å². The van der Waals surface area contributed by atoms with Gasteiger partial charge in [-0.05, 0) is 30.5 Å². The van der Waals surface area contributed by atoms with Gasteiger partial charge in [0.1, 0.15) is 0 Å². The van der Waals surface area contributed by atoms with Crippen molar-refractivity contribution in [1.29, 1.82) is 0 Å². The molecule has 1 saturated heterocycles. The summed E-state index contributed by atoms with van der Waals surface area (Å²) >= 11 is 12.0. The number of halogens is 2. The molecule has 3 rings (SSSR count). The van der Waals surface area contributed by atoms with Gasteiger partial charge in [-0.2, -0.15) is 0 Å². The summed E-state index contributed by atoms with van der Waals surface area (Å²) in [5.74, 6) is -0.131. The maximum absolute atomic E-state index is 12.2. The molecule has 0 bridgehead atoms. The molecule has 1 saturated carbocycles. The molecule has 1 aliphatic carbocycles. The Balaban J connectivity index is 1.72. The number of carbonyl (C=O) groups excluding carboxylic acids is 1. The molecule has 108 valence electrons. The maximum atomic E-state index is 12.2. The molecule has 1 atom stereocenters. The summed E-state index contributed by atoms with van der Waals surface area (Å²) in [6.45, 7) is 1.31. The van der Waals surface area contributed by atoms with Crippen molar-refractivity contribution in [2.24, 2.45) is 0 Å². The summed E-state index contributed by atoms with van der Waals surface area (Å²) in [6, 6.07) is 5.47. The lowest BCUT2D eigenvalue weighted by Crippen LogP contribution is -2.46. The Morgan fingerprint density at radius 3 is 2.65 bits per heavy atom. The topological polar surface area (TPSA) is 47.6 Å². The van der Waals surface area contributed by atoms with Crippen LogP contribution in [0.4, 0.5) is 0 Å². The highest BCUT2D eigenvalue weighted by molar-refractivity contribution is 6.42. The number of rotatable bonds is 3. The SMILES string of the molecule is O=C(NC1(c2ccc(Cl)c(Cl)c2)CC1)[C@@H]1COCCO1. The first-order valence-electron chi connectivity index (χ1n) is 6.58. The molecule has 1 aromatic carbocycles. The van der Waals surface area contributed by atoms with E-state index >= 15 is 0 Å². The molecule has 1 N–H and O–H groups in total. The molecule has 4 nitrogen and oxygen atoms in total. The van der Waals surface area contributed by atoms with E-state index in [0.29, 0.717) is 29.9 Å². The van der Waals surface area contributed by atoms with E-state index in [1.165, 1.54) is 0 Å². The second kappa shape index (κ2) is 5.53. The first-order chi connectivity index (χ1) is 9.61. The zero-order valence-corrected chi connectivity index (χ0v) is 12.3. The lowest BCUT2D eigenvalue weighted by atomic mass is 10.0. The van der Waals surface area contributed by atoms with Gasteiger partial charge < -0.3 is 14.8 Å². The van der Waals surface area contributed by atoms with Gasteiger partial charge in [0.15, 0.2) is 6.10 Å². The largest absolute Gasteiger partial charge is 0.376 e. The van der Waals surface area contributed by atoms with Crippen LogP contribution in [0.2, 0.25) is 10.0 Å². The van der Waals surface area contributed by atoms with Crippen molar-refractivity contribution in [3.05, 3.63) is 33.8 Å². The quantitative estimate of drug-likeness (QED) is 0.932. The Morgan fingerprint density at radius 1 is 1.25 bits per heavy atom. The van der Waals surface area contributed by atoms with Gasteiger partial charge in [-0.15, -0.1) is 0 Å². The fourth-order valence-corrected chi connectivity index (χ4v) is 2.66. The Bertz CT molecular complexity index is 525. The highest BCUT2D eigenvalue weighted by Crippen LogP contribution is 2.46. The van der Waals surface area contributed by atoms with Gasteiger partial charge in [0.2, 0.25) is 0 Å². The van der Waals surface area contributed by atoms with Gasteiger partial charge in [-0.25, -0.2) is 0 Å². The minimum Gasteiger partial charge on any atom is -0.376 e. The third kappa shape index (κ3) is 2.79. The van der Waals surface area contributed by atoms with Crippen LogP contribution < -0.4 is 5.32 Å². The van der Waals surface area contributed by atoms with Crippen LogP contribution in [0.25, 0.3) is 0 Å². The van der Waals surface area contributed by atoms with Crippen molar-refractivity contribution in [2.45, 2.75) is 24.5 Å². The summed E-state index contributed by atoms with van der Waals surface area (Å²) in [5, 5.41) is 4.07. The standard InChI is InChI=1S/C14H15Cl2NO3/c15-10-2-1-9(7-11(10)16)14(3-4-14)17-13(18)12-8-19-5-6-20-12/h1-2,7,12H,3-6,8H2,(H,17,18)/t12-/m0/s1. The molecular formula is C14H15Cl2NO3. The molecule has 2 aliphatic rings. The molecule has 1 aromatic rings. The average Bonchev–Trinajstić information content (AvgIpc) is 3.23. The van der Waals surface area contributed by atoms with Crippen molar-refractivity contribution < 1.29 is 14.3 Å². The molecule has 0 spiro atoms. The number of ether oxygens (including phenoxy) is 2. The summed E-state index contributed by atoms with van der Waals surface area (Å²) in [6.07, 6.45) is 1.26. The molecule has 1 heterocycles. The van der Waals surface area contributed by atoms with Crippen molar-refractivity contribution in [2.75, 3.05) is 19.8 Å². The van der Waals surface area contributed by atoms with E-state index in [0.717, 1.165) is 18.4 Å². The number of hydrogen-bond acceptors (Lipinski definition) is 3. The molecule has 1 aliphatic heterocycles. The van der Waals surface area contributed by atoms with Crippen LogP contribution in [0.15, 0.2) is 18.2 Å². The molecule has 2 fully saturated rings. The van der Waals surface area contributed by atoms with E-state index in [2.05, 4.69) is 5.32 Å². The Morgan fingerprint density at radius 2 is 2.05 bits per heavy atom. The predicted molar refractivity (Wildman–Crippen MR) is 76.1 cm³/mol. The first-order valence-corrected chi connectivity index (χ1v) is 7.33. The van der Waals surface area contributed by atoms with Crippen LogP contribution in [0, 0.1) is 0 Å². The van der Waals surface area contributed by atoms with E-state index in [-0.39, 0.29) is 11.4 Å². The highest BCUT2D eigenvalue weighted by atomic mass is 35.5. The Kier molecular flexibility index (Phi) is 3.91. The Labute approximate surface area is 127 Å². The van der Waals surface area contributed by atoms with Crippen LogP contribution in [0.3, 0.4) is 0 Å². The molecule has 1 amide bonds. The normalized spacial score (nSPS) is 24.2. The lowest BCUT2D eigenvalue weighted by Gasteiger charge is -2.25. The van der Waals surface area contributed by atoms with Gasteiger partial charge in [0.25, 0.3) is 5.91 Å². The second-order valence-electron chi connectivity index (χ2n) is 5.13. The van der Waals surface area contributed by atoms with Gasteiger partial charge >= 0.3 is 0 Å². The minimum absolute atomic E-state index is 0.131. The number of amides is 1. The van der Waals surface area contributed by atoms with Gasteiger partial charge in [-0.3, -0.25) is 4.79 Å². The van der Waals surface area contributed by atoms with Crippen molar-refractivity contribution in [1.82, 2.24) is 5.32 Å². The van der Waals surface area contributed by atoms with Crippen LogP contribution in [0.5, 0.6) is 0 Å². The fourth-order valence-electron chi connectivity index (χ4n) is 2.36. The van der Waals surface area contributed by atoms with Gasteiger partial charge in [0, 0.05) is 0 Å². The number of nitrogens with one attached hydrogen (secondary N) is 1. The van der Waals surface area contributed by atoms with Gasteiger partial charge in [-0.1, -0.05) is 29.3 Å². The molecular weight excluding hydrogens is 301 g/mol. The van der Waals surface area contributed by atoms with E-state index in [4.69, 9.17) is 32.7 Å². The first kappa shape index (κ1) is 14.1. The average molecular weight is 316 g/mol. The lowest BCUT2D eigenvalue weighted by molar-refractivity contribution is -0.148. The van der Waals surface area contributed by atoms with E-state index in [1.807, 2.05) is 12.1 Å². The highest BCUT2D eigenvalue weighted by Gasteiger charge is 2.47. The molecule has 0 radical (unpaired) electrons. The molecule has 20 heavy (non-hydrogen) atoms. The Hall–Kier alpha value is -0.810. The monoisotopic (exact) mass is 315 g/mol. The molecule has 0 unspecified atom stereocenters. The summed E-state index contributed by atoms with van der Waals surface area (Å²) < 4.78 is 10.7. The van der Waals surface area contributed by atoms with Gasteiger partial charge in [0.05, 0.1) is 35.4 Å². The zero-order chi connectivity index (χ0) is 14.2. The van der Waals surface area contributed by atoms with Crippen molar-refractivity contribution in [3.63, 3.8) is 0 Å². The van der Waals surface area contributed by atoms with E-state index < -0.39 is 6.10 Å². The van der Waals surface area contributed by atoms with E-state index in [9.17, 15) is 4.79 Å². The summed E-state index contributed by atoms with van der Waals surface area (Å²) in [7, 11) is 0. The minimum atomic E-state index is -0.524.